The van der Waals surface area contributed by atoms with Gasteiger partial charge in [-0.05, 0) is 46.4 Å². The van der Waals surface area contributed by atoms with E-state index >= 15 is 0 Å². The van der Waals surface area contributed by atoms with Gasteiger partial charge in [-0.25, -0.2) is 4.98 Å². The van der Waals surface area contributed by atoms with E-state index in [2.05, 4.69) is 58.4 Å². The summed E-state index contributed by atoms with van der Waals surface area (Å²) in [5.74, 6) is 0.465. The zero-order valence-corrected chi connectivity index (χ0v) is 14.5. The van der Waals surface area contributed by atoms with Gasteiger partial charge in [0, 0.05) is 22.2 Å². The van der Waals surface area contributed by atoms with Crippen LogP contribution in [-0.4, -0.2) is 16.5 Å². The Morgan fingerprint density at radius 2 is 2.15 bits per heavy atom. The molecule has 0 saturated heterocycles. The van der Waals surface area contributed by atoms with Gasteiger partial charge >= 0.3 is 0 Å². The summed E-state index contributed by atoms with van der Waals surface area (Å²) in [6.07, 6.45) is 4.82. The first-order chi connectivity index (χ1) is 9.61. The average Bonchev–Trinajstić information content (AvgIpc) is 2.89. The van der Waals surface area contributed by atoms with E-state index < -0.39 is 0 Å². The molecule has 1 atom stereocenters. The van der Waals surface area contributed by atoms with Crippen LogP contribution in [0.2, 0.25) is 0 Å². The Hall–Kier alpha value is -0.780. The third-order valence-electron chi connectivity index (χ3n) is 3.04. The summed E-state index contributed by atoms with van der Waals surface area (Å²) in [6.45, 7) is 7.49. The second-order valence-electron chi connectivity index (χ2n) is 5.09. The Labute approximate surface area is 133 Å². The fourth-order valence-corrected chi connectivity index (χ4v) is 3.38. The van der Waals surface area contributed by atoms with E-state index in [9.17, 15) is 0 Å². The van der Waals surface area contributed by atoms with Crippen molar-refractivity contribution in [2.24, 2.45) is 0 Å². The maximum atomic E-state index is 4.78. The Morgan fingerprint density at radius 1 is 1.35 bits per heavy atom. The first-order valence-electron chi connectivity index (χ1n) is 6.91. The van der Waals surface area contributed by atoms with Crippen molar-refractivity contribution in [2.75, 3.05) is 6.54 Å². The Balaban J connectivity index is 2.31. The van der Waals surface area contributed by atoms with Crippen molar-refractivity contribution in [1.29, 1.82) is 0 Å². The lowest BCUT2D eigenvalue weighted by atomic mass is 10.1. The van der Waals surface area contributed by atoms with Gasteiger partial charge in [0.15, 0.2) is 0 Å². The van der Waals surface area contributed by atoms with E-state index in [1.807, 2.05) is 12.4 Å². The van der Waals surface area contributed by atoms with Crippen LogP contribution < -0.4 is 5.32 Å². The molecular formula is C15H20BrN3S. The number of hydrogen-bond acceptors (Lipinski definition) is 4. The van der Waals surface area contributed by atoms with Gasteiger partial charge in [-0.3, -0.25) is 4.98 Å². The second kappa shape index (κ2) is 7.29. The molecular weight excluding hydrogens is 334 g/mol. The number of thiazole rings is 1. The lowest BCUT2D eigenvalue weighted by molar-refractivity contribution is 0.591. The molecule has 1 N–H and O–H groups in total. The highest BCUT2D eigenvalue weighted by atomic mass is 79.9. The largest absolute Gasteiger partial charge is 0.304 e. The highest BCUT2D eigenvalue weighted by molar-refractivity contribution is 9.10. The van der Waals surface area contributed by atoms with Crippen LogP contribution in [0.4, 0.5) is 0 Å². The number of halogens is 1. The molecule has 5 heteroatoms. The number of nitrogens with zero attached hydrogens (tertiary/aromatic N) is 2. The van der Waals surface area contributed by atoms with Crippen molar-refractivity contribution < 1.29 is 0 Å². The Kier molecular flexibility index (Phi) is 5.69. The van der Waals surface area contributed by atoms with E-state index in [0.29, 0.717) is 5.92 Å². The molecule has 0 spiro atoms. The molecule has 0 amide bonds. The van der Waals surface area contributed by atoms with Crippen molar-refractivity contribution in [3.63, 3.8) is 0 Å². The topological polar surface area (TPSA) is 37.8 Å². The Bertz CT molecular complexity index is 554. The smallest absolute Gasteiger partial charge is 0.114 e. The van der Waals surface area contributed by atoms with E-state index in [-0.39, 0.29) is 6.04 Å². The van der Waals surface area contributed by atoms with Crippen LogP contribution >= 0.6 is 27.3 Å². The van der Waals surface area contributed by atoms with Crippen molar-refractivity contribution >= 4 is 27.3 Å². The molecule has 2 heterocycles. The molecule has 20 heavy (non-hydrogen) atoms. The molecule has 2 aromatic heterocycles. The van der Waals surface area contributed by atoms with Gasteiger partial charge in [0.05, 0.1) is 11.7 Å². The number of hydrogen-bond donors (Lipinski definition) is 1. The van der Waals surface area contributed by atoms with E-state index in [0.717, 1.165) is 33.7 Å². The molecule has 0 radical (unpaired) electrons. The maximum absolute atomic E-state index is 4.78. The average molecular weight is 354 g/mol. The normalized spacial score (nSPS) is 12.8. The predicted octanol–water partition coefficient (Wildman–Crippen LogP) is 4.51. The lowest BCUT2D eigenvalue weighted by Gasteiger charge is -2.16. The van der Waals surface area contributed by atoms with Crippen molar-refractivity contribution in [3.05, 3.63) is 44.6 Å². The van der Waals surface area contributed by atoms with E-state index in [1.54, 1.807) is 11.3 Å². The van der Waals surface area contributed by atoms with E-state index in [4.69, 9.17) is 4.98 Å². The molecule has 0 saturated carbocycles. The van der Waals surface area contributed by atoms with Crippen LogP contribution in [0.15, 0.2) is 28.3 Å². The summed E-state index contributed by atoms with van der Waals surface area (Å²) in [5, 5.41) is 6.84. The highest BCUT2D eigenvalue weighted by Crippen LogP contribution is 2.28. The van der Waals surface area contributed by atoms with Crippen LogP contribution in [0.3, 0.4) is 0 Å². The molecule has 3 nitrogen and oxygen atoms in total. The van der Waals surface area contributed by atoms with Gasteiger partial charge in [0.2, 0.25) is 0 Å². The Morgan fingerprint density at radius 3 is 2.75 bits per heavy atom. The molecule has 0 aliphatic carbocycles. The highest BCUT2D eigenvalue weighted by Gasteiger charge is 2.18. The van der Waals surface area contributed by atoms with Gasteiger partial charge in [-0.15, -0.1) is 11.3 Å². The first kappa shape index (κ1) is 15.6. The van der Waals surface area contributed by atoms with Gasteiger partial charge in [-0.2, -0.15) is 0 Å². The number of aromatic nitrogens is 2. The minimum atomic E-state index is 0.123. The molecule has 0 aliphatic rings. The SMILES string of the molecule is CCCNC(c1cncc(Br)c1)c1nc(C(C)C)cs1. The molecule has 2 aromatic rings. The molecule has 0 fully saturated rings. The summed E-state index contributed by atoms with van der Waals surface area (Å²) in [6, 6.07) is 2.23. The van der Waals surface area contributed by atoms with Crippen molar-refractivity contribution in [2.45, 2.75) is 39.2 Å². The number of pyridine rings is 1. The van der Waals surface area contributed by atoms with Crippen LogP contribution in [0.25, 0.3) is 0 Å². The van der Waals surface area contributed by atoms with Crippen molar-refractivity contribution in [3.8, 4) is 0 Å². The van der Waals surface area contributed by atoms with Crippen LogP contribution in [0.5, 0.6) is 0 Å². The summed E-state index contributed by atoms with van der Waals surface area (Å²) >= 11 is 5.21. The van der Waals surface area contributed by atoms with Crippen LogP contribution in [-0.2, 0) is 0 Å². The summed E-state index contributed by atoms with van der Waals surface area (Å²) in [5.41, 5.74) is 2.31. The van der Waals surface area contributed by atoms with Gasteiger partial charge in [0.1, 0.15) is 5.01 Å². The van der Waals surface area contributed by atoms with Gasteiger partial charge in [-0.1, -0.05) is 20.8 Å². The second-order valence-corrected chi connectivity index (χ2v) is 6.89. The zero-order chi connectivity index (χ0) is 14.5. The van der Waals surface area contributed by atoms with Crippen molar-refractivity contribution in [1.82, 2.24) is 15.3 Å². The molecule has 0 aromatic carbocycles. The lowest BCUT2D eigenvalue weighted by Crippen LogP contribution is -2.23. The summed E-state index contributed by atoms with van der Waals surface area (Å²) in [7, 11) is 0. The monoisotopic (exact) mass is 353 g/mol. The first-order valence-corrected chi connectivity index (χ1v) is 8.58. The number of nitrogens with one attached hydrogen (secondary N) is 1. The summed E-state index contributed by atoms with van der Waals surface area (Å²) < 4.78 is 0.999. The third kappa shape index (κ3) is 3.87. The van der Waals surface area contributed by atoms with E-state index in [1.165, 1.54) is 0 Å². The molecule has 108 valence electrons. The van der Waals surface area contributed by atoms with Crippen LogP contribution in [0, 0.1) is 0 Å². The summed E-state index contributed by atoms with van der Waals surface area (Å²) in [4.78, 5) is 9.05. The molecule has 2 rings (SSSR count). The minimum absolute atomic E-state index is 0.123. The quantitative estimate of drug-likeness (QED) is 0.829. The zero-order valence-electron chi connectivity index (χ0n) is 12.1. The molecule has 1 unspecified atom stereocenters. The fourth-order valence-electron chi connectivity index (χ4n) is 1.92. The standard InChI is InChI=1S/C15H20BrN3S/c1-4-5-18-14(11-6-12(16)8-17-7-11)15-19-13(9-20-15)10(2)3/h6-10,14,18H,4-5H2,1-3H3. The number of rotatable bonds is 6. The van der Waals surface area contributed by atoms with Gasteiger partial charge < -0.3 is 5.32 Å². The minimum Gasteiger partial charge on any atom is -0.304 e. The van der Waals surface area contributed by atoms with Crippen LogP contribution in [0.1, 0.15) is 55.4 Å². The maximum Gasteiger partial charge on any atom is 0.114 e. The molecule has 0 bridgehead atoms. The molecule has 0 aliphatic heterocycles. The fraction of sp³-hybridized carbons (Fsp3) is 0.467. The predicted molar refractivity (Wildman–Crippen MR) is 88.3 cm³/mol. The van der Waals surface area contributed by atoms with Gasteiger partial charge in [0.25, 0.3) is 0 Å². The third-order valence-corrected chi connectivity index (χ3v) is 4.40.